The van der Waals surface area contributed by atoms with E-state index in [-0.39, 0.29) is 30.4 Å². The molecule has 0 aromatic heterocycles. The molecule has 2 bridgehead atoms. The Morgan fingerprint density at radius 3 is 2.39 bits per heavy atom. The molecular weight excluding hydrogens is 356 g/mol. The van der Waals surface area contributed by atoms with Gasteiger partial charge in [0, 0.05) is 38.3 Å². The summed E-state index contributed by atoms with van der Waals surface area (Å²) < 4.78 is 11.0. The number of fused-ring (bicyclic) bond motifs is 2. The number of ether oxygens (including phenoxy) is 2. The van der Waals surface area contributed by atoms with Crippen molar-refractivity contribution in [2.24, 2.45) is 17.8 Å². The molecule has 0 radical (unpaired) electrons. The predicted octanol–water partition coefficient (Wildman–Crippen LogP) is 1.98. The summed E-state index contributed by atoms with van der Waals surface area (Å²) in [5.74, 6) is 1.04. The topological polar surface area (TPSA) is 67.9 Å². The van der Waals surface area contributed by atoms with E-state index in [1.165, 1.54) is 0 Å². The highest BCUT2D eigenvalue weighted by molar-refractivity contribution is 5.79. The van der Waals surface area contributed by atoms with Gasteiger partial charge in [-0.05, 0) is 43.1 Å². The zero-order chi connectivity index (χ0) is 19.3. The van der Waals surface area contributed by atoms with Crippen molar-refractivity contribution in [3.63, 3.8) is 0 Å². The first kappa shape index (κ1) is 19.4. The molecule has 1 N–H and O–H groups in total. The Balaban J connectivity index is 1.25. The van der Waals surface area contributed by atoms with Crippen molar-refractivity contribution in [2.45, 2.75) is 38.3 Å². The predicted molar refractivity (Wildman–Crippen MR) is 104 cm³/mol. The van der Waals surface area contributed by atoms with Crippen LogP contribution in [0.3, 0.4) is 0 Å². The summed E-state index contributed by atoms with van der Waals surface area (Å²) in [5.41, 5.74) is 1.07. The first-order valence-electron chi connectivity index (χ1n) is 10.5. The van der Waals surface area contributed by atoms with Crippen LogP contribution in [0, 0.1) is 17.8 Å². The smallest absolute Gasteiger partial charge is 0.248 e. The maximum absolute atomic E-state index is 12.6. The Hall–Kier alpha value is -1.92. The lowest BCUT2D eigenvalue weighted by molar-refractivity contribution is -0.139. The van der Waals surface area contributed by atoms with Crippen LogP contribution in [0.1, 0.15) is 31.2 Å². The molecule has 1 aliphatic carbocycles. The molecule has 2 saturated heterocycles. The highest BCUT2D eigenvalue weighted by Crippen LogP contribution is 2.37. The second kappa shape index (κ2) is 9.05. The van der Waals surface area contributed by atoms with Crippen LogP contribution >= 0.6 is 0 Å². The van der Waals surface area contributed by atoms with E-state index in [1.54, 1.807) is 0 Å². The van der Waals surface area contributed by atoms with Gasteiger partial charge in [-0.1, -0.05) is 30.3 Å². The fraction of sp³-hybridized carbons (Fsp3) is 0.636. The standard InChI is InChI=1S/C22H30N2O4/c25-20(15-28-14-16-4-2-1-3-5-16)24-12-18-6-7-19(13-24)21(18)23-22(26)17-8-10-27-11-9-17/h1-5,17-19,21H,6-15H2,(H,23,26)/t18-,19+,21?. The SMILES string of the molecule is O=C(NC1[C@@H]2CC[C@H]1CN(C(=O)COCc1ccccc1)C2)C1CCOCC1. The van der Waals surface area contributed by atoms with E-state index < -0.39 is 0 Å². The highest BCUT2D eigenvalue weighted by Gasteiger charge is 2.44. The third kappa shape index (κ3) is 4.55. The Morgan fingerprint density at radius 1 is 1.04 bits per heavy atom. The van der Waals surface area contributed by atoms with E-state index in [1.807, 2.05) is 35.2 Å². The lowest BCUT2D eigenvalue weighted by Crippen LogP contribution is -2.55. The molecule has 1 aromatic carbocycles. The summed E-state index contributed by atoms with van der Waals surface area (Å²) in [4.78, 5) is 27.1. The lowest BCUT2D eigenvalue weighted by atomic mass is 9.90. The molecule has 6 nitrogen and oxygen atoms in total. The molecule has 2 aliphatic heterocycles. The van der Waals surface area contributed by atoms with Crippen molar-refractivity contribution in [1.29, 1.82) is 0 Å². The van der Waals surface area contributed by atoms with Gasteiger partial charge in [0.25, 0.3) is 0 Å². The zero-order valence-electron chi connectivity index (χ0n) is 16.3. The third-order valence-electron chi connectivity index (χ3n) is 6.42. The number of nitrogens with zero attached hydrogens (tertiary/aromatic N) is 1. The van der Waals surface area contributed by atoms with Crippen molar-refractivity contribution in [1.82, 2.24) is 10.2 Å². The summed E-state index contributed by atoms with van der Waals surface area (Å²) >= 11 is 0. The number of hydrogen-bond acceptors (Lipinski definition) is 4. The maximum atomic E-state index is 12.6. The van der Waals surface area contributed by atoms with E-state index in [2.05, 4.69) is 5.32 Å². The van der Waals surface area contributed by atoms with Crippen LogP contribution in [0.4, 0.5) is 0 Å². The van der Waals surface area contributed by atoms with Gasteiger partial charge >= 0.3 is 0 Å². The van der Waals surface area contributed by atoms with Gasteiger partial charge in [-0.3, -0.25) is 9.59 Å². The Bertz CT molecular complexity index is 660. The van der Waals surface area contributed by atoms with Gasteiger partial charge in [0.2, 0.25) is 11.8 Å². The monoisotopic (exact) mass is 386 g/mol. The third-order valence-corrected chi connectivity index (χ3v) is 6.42. The minimum Gasteiger partial charge on any atom is -0.381 e. The Labute approximate surface area is 166 Å². The molecule has 6 heteroatoms. The van der Waals surface area contributed by atoms with E-state index in [0.29, 0.717) is 31.7 Å². The van der Waals surface area contributed by atoms with Crippen molar-refractivity contribution in [3.8, 4) is 0 Å². The number of amides is 2. The lowest BCUT2D eigenvalue weighted by Gasteiger charge is -2.39. The van der Waals surface area contributed by atoms with Crippen LogP contribution in [0.5, 0.6) is 0 Å². The molecule has 152 valence electrons. The van der Waals surface area contributed by atoms with E-state index in [0.717, 1.165) is 44.3 Å². The summed E-state index contributed by atoms with van der Waals surface area (Å²) in [6.07, 6.45) is 3.80. The molecule has 28 heavy (non-hydrogen) atoms. The van der Waals surface area contributed by atoms with Crippen LogP contribution < -0.4 is 5.32 Å². The number of benzene rings is 1. The normalized spacial score (nSPS) is 27.6. The van der Waals surface area contributed by atoms with Crippen LogP contribution in [0.2, 0.25) is 0 Å². The first-order chi connectivity index (χ1) is 13.7. The van der Waals surface area contributed by atoms with E-state index in [4.69, 9.17) is 9.47 Å². The molecule has 1 aromatic rings. The van der Waals surface area contributed by atoms with Gasteiger partial charge in [-0.2, -0.15) is 0 Å². The molecule has 2 heterocycles. The van der Waals surface area contributed by atoms with Crippen molar-refractivity contribution < 1.29 is 19.1 Å². The summed E-state index contributed by atoms with van der Waals surface area (Å²) in [6.45, 7) is 3.39. The molecule has 3 fully saturated rings. The largest absolute Gasteiger partial charge is 0.381 e. The zero-order valence-corrected chi connectivity index (χ0v) is 16.3. The fourth-order valence-electron chi connectivity index (χ4n) is 4.83. The average Bonchev–Trinajstić information content (AvgIpc) is 2.96. The van der Waals surface area contributed by atoms with Crippen LogP contribution in [-0.2, 0) is 25.7 Å². The van der Waals surface area contributed by atoms with Gasteiger partial charge in [0.15, 0.2) is 0 Å². The Morgan fingerprint density at radius 2 is 1.71 bits per heavy atom. The number of piperidine rings is 1. The molecule has 2 amide bonds. The van der Waals surface area contributed by atoms with Gasteiger partial charge < -0.3 is 19.7 Å². The maximum Gasteiger partial charge on any atom is 0.248 e. The summed E-state index contributed by atoms with van der Waals surface area (Å²) in [5, 5.41) is 3.31. The first-order valence-corrected chi connectivity index (χ1v) is 10.5. The summed E-state index contributed by atoms with van der Waals surface area (Å²) in [7, 11) is 0. The molecule has 4 rings (SSSR count). The van der Waals surface area contributed by atoms with Crippen molar-refractivity contribution in [3.05, 3.63) is 35.9 Å². The van der Waals surface area contributed by atoms with Gasteiger partial charge in [-0.25, -0.2) is 0 Å². The molecule has 3 atom stereocenters. The molecule has 1 saturated carbocycles. The van der Waals surface area contributed by atoms with Gasteiger partial charge in [0.1, 0.15) is 6.61 Å². The molecular formula is C22H30N2O4. The average molecular weight is 386 g/mol. The minimum absolute atomic E-state index is 0.0574. The molecule has 0 spiro atoms. The summed E-state index contributed by atoms with van der Waals surface area (Å²) in [6, 6.07) is 10.1. The highest BCUT2D eigenvalue weighted by atomic mass is 16.5. The number of carbonyl (C=O) groups is 2. The van der Waals surface area contributed by atoms with E-state index >= 15 is 0 Å². The number of hydrogen-bond donors (Lipinski definition) is 1. The number of likely N-dealkylation sites (tertiary alicyclic amines) is 1. The second-order valence-electron chi connectivity index (χ2n) is 8.30. The number of rotatable bonds is 6. The van der Waals surface area contributed by atoms with Crippen LogP contribution in [-0.4, -0.2) is 55.7 Å². The second-order valence-corrected chi connectivity index (χ2v) is 8.30. The quantitative estimate of drug-likeness (QED) is 0.812. The molecule has 1 unspecified atom stereocenters. The van der Waals surface area contributed by atoms with E-state index in [9.17, 15) is 9.59 Å². The number of nitrogens with one attached hydrogen (secondary N) is 1. The van der Waals surface area contributed by atoms with Crippen molar-refractivity contribution in [2.75, 3.05) is 32.9 Å². The van der Waals surface area contributed by atoms with Crippen molar-refractivity contribution >= 4 is 11.8 Å². The minimum atomic E-state index is 0.0574. The van der Waals surface area contributed by atoms with Gasteiger partial charge in [-0.15, -0.1) is 0 Å². The fourth-order valence-corrected chi connectivity index (χ4v) is 4.83. The van der Waals surface area contributed by atoms with Crippen LogP contribution in [0.25, 0.3) is 0 Å². The number of carbonyl (C=O) groups excluding carboxylic acids is 2. The Kier molecular flexibility index (Phi) is 6.27. The molecule has 3 aliphatic rings. The van der Waals surface area contributed by atoms with Gasteiger partial charge in [0.05, 0.1) is 6.61 Å². The van der Waals surface area contributed by atoms with Crippen LogP contribution in [0.15, 0.2) is 30.3 Å².